The molecule has 2 aromatic rings. The highest BCUT2D eigenvalue weighted by atomic mass is 32.2. The molecule has 0 spiro atoms. The van der Waals surface area contributed by atoms with E-state index in [0.717, 1.165) is 44.6 Å². The molecule has 144 valence electrons. The van der Waals surface area contributed by atoms with Gasteiger partial charge in [0.1, 0.15) is 0 Å². The summed E-state index contributed by atoms with van der Waals surface area (Å²) < 4.78 is 26.2. The fourth-order valence-corrected chi connectivity index (χ4v) is 4.01. The molecule has 0 atom stereocenters. The number of halogens is 2. The van der Waals surface area contributed by atoms with Crippen LogP contribution in [0, 0.1) is 17.6 Å². The van der Waals surface area contributed by atoms with Gasteiger partial charge in [-0.05, 0) is 67.9 Å². The molecule has 0 bridgehead atoms. The van der Waals surface area contributed by atoms with E-state index >= 15 is 0 Å². The maximum atomic E-state index is 13.2. The van der Waals surface area contributed by atoms with Crippen molar-refractivity contribution in [3.63, 3.8) is 0 Å². The zero-order valence-corrected chi connectivity index (χ0v) is 16.2. The maximum Gasteiger partial charge on any atom is 0.251 e. The number of carbonyl (C=O) groups excluding carboxylic acids is 1. The van der Waals surface area contributed by atoms with Crippen LogP contribution >= 0.6 is 11.8 Å². The monoisotopic (exact) mass is 390 g/mol. The Morgan fingerprint density at radius 2 is 1.89 bits per heavy atom. The average molecular weight is 390 g/mol. The fraction of sp³-hybridized carbons (Fsp3) is 0.381. The van der Waals surface area contributed by atoms with Crippen LogP contribution in [-0.4, -0.2) is 36.7 Å². The Hall–Kier alpha value is -1.92. The lowest BCUT2D eigenvalue weighted by molar-refractivity contribution is 0.0934. The first-order chi connectivity index (χ1) is 13.1. The van der Waals surface area contributed by atoms with E-state index in [1.54, 1.807) is 11.8 Å². The Bertz CT molecular complexity index is 792. The number of rotatable bonds is 6. The lowest BCUT2D eigenvalue weighted by atomic mass is 9.96. The summed E-state index contributed by atoms with van der Waals surface area (Å²) in [6.07, 6.45) is 4.12. The highest BCUT2D eigenvalue weighted by Gasteiger charge is 2.21. The number of amides is 1. The Morgan fingerprint density at radius 1 is 1.15 bits per heavy atom. The van der Waals surface area contributed by atoms with E-state index in [0.29, 0.717) is 12.5 Å². The molecule has 0 radical (unpaired) electrons. The number of hydrogen-bond donors (Lipinski definition) is 1. The van der Waals surface area contributed by atoms with Gasteiger partial charge < -0.3 is 5.32 Å². The Balaban J connectivity index is 1.45. The molecule has 0 aliphatic carbocycles. The summed E-state index contributed by atoms with van der Waals surface area (Å²) in [6.45, 7) is 3.50. The molecule has 0 saturated carbocycles. The van der Waals surface area contributed by atoms with Crippen LogP contribution in [-0.2, 0) is 6.54 Å². The molecule has 1 amide bonds. The zero-order chi connectivity index (χ0) is 19.2. The Labute approximate surface area is 163 Å². The van der Waals surface area contributed by atoms with Crippen molar-refractivity contribution in [1.29, 1.82) is 0 Å². The molecule has 6 heteroatoms. The van der Waals surface area contributed by atoms with Gasteiger partial charge in [0.05, 0.1) is 0 Å². The second-order valence-corrected chi connectivity index (χ2v) is 7.72. The first-order valence-corrected chi connectivity index (χ1v) is 10.4. The van der Waals surface area contributed by atoms with Gasteiger partial charge in [-0.3, -0.25) is 9.69 Å². The third-order valence-corrected chi connectivity index (χ3v) is 5.86. The summed E-state index contributed by atoms with van der Waals surface area (Å²) in [5.41, 5.74) is 1.51. The largest absolute Gasteiger partial charge is 0.352 e. The maximum absolute atomic E-state index is 13.2. The molecule has 2 aromatic carbocycles. The van der Waals surface area contributed by atoms with Crippen LogP contribution in [0.2, 0.25) is 0 Å². The summed E-state index contributed by atoms with van der Waals surface area (Å²) >= 11 is 1.77. The van der Waals surface area contributed by atoms with Gasteiger partial charge in [-0.25, -0.2) is 8.78 Å². The van der Waals surface area contributed by atoms with E-state index in [9.17, 15) is 13.6 Å². The van der Waals surface area contributed by atoms with Crippen molar-refractivity contribution < 1.29 is 13.6 Å². The van der Waals surface area contributed by atoms with Gasteiger partial charge in [0.2, 0.25) is 0 Å². The van der Waals surface area contributed by atoms with E-state index in [1.807, 2.05) is 0 Å². The second-order valence-electron chi connectivity index (χ2n) is 6.87. The van der Waals surface area contributed by atoms with Crippen LogP contribution in [0.15, 0.2) is 47.4 Å². The fourth-order valence-electron chi connectivity index (χ4n) is 3.40. The van der Waals surface area contributed by atoms with E-state index in [2.05, 4.69) is 40.7 Å². The number of benzene rings is 2. The zero-order valence-electron chi connectivity index (χ0n) is 15.4. The minimum absolute atomic E-state index is 0.153. The summed E-state index contributed by atoms with van der Waals surface area (Å²) in [7, 11) is 0. The quantitative estimate of drug-likeness (QED) is 0.745. The summed E-state index contributed by atoms with van der Waals surface area (Å²) in [4.78, 5) is 15.9. The minimum Gasteiger partial charge on any atom is -0.352 e. The first kappa shape index (κ1) is 19.8. The van der Waals surface area contributed by atoms with Crippen molar-refractivity contribution >= 4 is 17.7 Å². The van der Waals surface area contributed by atoms with Crippen molar-refractivity contribution in [2.24, 2.45) is 5.92 Å². The lowest BCUT2D eigenvalue weighted by Crippen LogP contribution is -2.38. The highest BCUT2D eigenvalue weighted by molar-refractivity contribution is 7.98. The summed E-state index contributed by atoms with van der Waals surface area (Å²) in [5, 5.41) is 2.85. The number of likely N-dealkylation sites (tertiary alicyclic amines) is 1. The van der Waals surface area contributed by atoms with E-state index in [4.69, 9.17) is 0 Å². The molecular weight excluding hydrogens is 366 g/mol. The SMILES string of the molecule is CSc1ccccc1CN1CCC(CNC(=O)c2ccc(F)c(F)c2)CC1. The van der Waals surface area contributed by atoms with Gasteiger partial charge >= 0.3 is 0 Å². The van der Waals surface area contributed by atoms with Crippen molar-refractivity contribution in [2.75, 3.05) is 25.9 Å². The smallest absolute Gasteiger partial charge is 0.251 e. The van der Waals surface area contributed by atoms with Crippen molar-refractivity contribution in [1.82, 2.24) is 10.2 Å². The number of nitrogens with one attached hydrogen (secondary N) is 1. The predicted octanol–water partition coefficient (Wildman–Crippen LogP) is 4.33. The third kappa shape index (κ3) is 5.30. The van der Waals surface area contributed by atoms with Gasteiger partial charge in [-0.2, -0.15) is 0 Å². The highest BCUT2D eigenvalue weighted by Crippen LogP contribution is 2.24. The van der Waals surface area contributed by atoms with Crippen LogP contribution in [0.3, 0.4) is 0 Å². The molecule has 1 aliphatic heterocycles. The van der Waals surface area contributed by atoms with Gasteiger partial charge in [0, 0.05) is 23.5 Å². The van der Waals surface area contributed by atoms with Crippen molar-refractivity contribution in [2.45, 2.75) is 24.3 Å². The number of hydrogen-bond acceptors (Lipinski definition) is 3. The van der Waals surface area contributed by atoms with Gasteiger partial charge in [0.15, 0.2) is 11.6 Å². The number of thioether (sulfide) groups is 1. The molecule has 1 heterocycles. The van der Waals surface area contributed by atoms with Crippen LogP contribution in [0.5, 0.6) is 0 Å². The molecule has 1 fully saturated rings. The normalized spacial score (nSPS) is 15.7. The molecule has 0 aromatic heterocycles. The molecule has 3 rings (SSSR count). The molecular formula is C21H24F2N2OS. The third-order valence-electron chi connectivity index (χ3n) is 5.03. The molecule has 0 unspecified atom stereocenters. The molecule has 3 nitrogen and oxygen atoms in total. The van der Waals surface area contributed by atoms with Crippen molar-refractivity contribution in [3.8, 4) is 0 Å². The van der Waals surface area contributed by atoms with E-state index in [-0.39, 0.29) is 11.5 Å². The standard InChI is InChI=1S/C21H24F2N2OS/c1-27-20-5-3-2-4-17(20)14-25-10-8-15(9-11-25)13-24-21(26)16-6-7-18(22)19(23)12-16/h2-7,12,15H,8-11,13-14H2,1H3,(H,24,26). The first-order valence-electron chi connectivity index (χ1n) is 9.14. The van der Waals surface area contributed by atoms with Gasteiger partial charge in [-0.1, -0.05) is 18.2 Å². The summed E-state index contributed by atoms with van der Waals surface area (Å²) in [6, 6.07) is 11.7. The average Bonchev–Trinajstić information content (AvgIpc) is 2.69. The number of piperidine rings is 1. The summed E-state index contributed by atoms with van der Waals surface area (Å²) in [5.74, 6) is -1.89. The number of nitrogens with zero attached hydrogens (tertiary/aromatic N) is 1. The molecule has 1 N–H and O–H groups in total. The topological polar surface area (TPSA) is 32.3 Å². The molecule has 27 heavy (non-hydrogen) atoms. The van der Waals surface area contributed by atoms with Crippen LogP contribution in [0.1, 0.15) is 28.8 Å². The van der Waals surface area contributed by atoms with Gasteiger partial charge in [-0.15, -0.1) is 11.8 Å². The minimum atomic E-state index is -0.999. The van der Waals surface area contributed by atoms with Crippen LogP contribution in [0.25, 0.3) is 0 Å². The molecule has 1 aliphatic rings. The van der Waals surface area contributed by atoms with Crippen LogP contribution in [0.4, 0.5) is 8.78 Å². The van der Waals surface area contributed by atoms with Gasteiger partial charge in [0.25, 0.3) is 5.91 Å². The lowest BCUT2D eigenvalue weighted by Gasteiger charge is -2.32. The second kappa shape index (κ2) is 9.33. The predicted molar refractivity (Wildman–Crippen MR) is 105 cm³/mol. The molecule has 1 saturated heterocycles. The van der Waals surface area contributed by atoms with Crippen LogP contribution < -0.4 is 5.32 Å². The van der Waals surface area contributed by atoms with Crippen molar-refractivity contribution in [3.05, 3.63) is 65.2 Å². The van der Waals surface area contributed by atoms with E-state index in [1.165, 1.54) is 16.5 Å². The Kier molecular flexibility index (Phi) is 6.85. The number of carbonyl (C=O) groups is 1. The van der Waals surface area contributed by atoms with E-state index < -0.39 is 11.6 Å². The Morgan fingerprint density at radius 3 is 2.59 bits per heavy atom.